The van der Waals surface area contributed by atoms with Gasteiger partial charge in [0.15, 0.2) is 0 Å². The number of halogens is 2. The smallest absolute Gasteiger partial charge is 0.338 e. The molecule has 10 heteroatoms. The lowest BCUT2D eigenvalue weighted by Crippen LogP contribution is -2.38. The van der Waals surface area contributed by atoms with Gasteiger partial charge in [-0.15, -0.1) is 0 Å². The summed E-state index contributed by atoms with van der Waals surface area (Å²) in [6.45, 7) is 1.21. The van der Waals surface area contributed by atoms with Crippen molar-refractivity contribution in [3.05, 3.63) is 58.9 Å². The Morgan fingerprint density at radius 1 is 1.21 bits per heavy atom. The maximum atomic E-state index is 14.0. The predicted octanol–water partition coefficient (Wildman–Crippen LogP) is 3.06. The van der Waals surface area contributed by atoms with Crippen LogP contribution in [0.1, 0.15) is 17.3 Å². The number of carbonyl (C=O) groups excluding carboxylic acids is 2. The summed E-state index contributed by atoms with van der Waals surface area (Å²) in [6.07, 6.45) is 0.869. The lowest BCUT2D eigenvalue weighted by atomic mass is 10.2. The van der Waals surface area contributed by atoms with Crippen molar-refractivity contribution in [3.63, 3.8) is 0 Å². The third-order valence-corrected chi connectivity index (χ3v) is 5.00. The molecule has 7 nitrogen and oxygen atoms in total. The minimum Gasteiger partial charge on any atom is -0.462 e. The third-order valence-electron chi connectivity index (χ3n) is 3.56. The van der Waals surface area contributed by atoms with Gasteiger partial charge in [-0.2, -0.15) is 0 Å². The van der Waals surface area contributed by atoms with Crippen LogP contribution in [0.25, 0.3) is 0 Å². The van der Waals surface area contributed by atoms with E-state index >= 15 is 0 Å². The highest BCUT2D eigenvalue weighted by atomic mass is 35.5. The number of carbonyl (C=O) groups is 2. The van der Waals surface area contributed by atoms with Gasteiger partial charge in [0.2, 0.25) is 15.9 Å². The van der Waals surface area contributed by atoms with E-state index in [2.05, 4.69) is 5.32 Å². The van der Waals surface area contributed by atoms with Crippen molar-refractivity contribution in [3.8, 4) is 0 Å². The zero-order valence-electron chi connectivity index (χ0n) is 15.1. The van der Waals surface area contributed by atoms with Gasteiger partial charge in [0.25, 0.3) is 0 Å². The van der Waals surface area contributed by atoms with E-state index in [4.69, 9.17) is 16.3 Å². The molecule has 150 valence electrons. The summed E-state index contributed by atoms with van der Waals surface area (Å²) in [5.41, 5.74) is 0.125. The number of esters is 1. The second-order valence-electron chi connectivity index (χ2n) is 5.68. The predicted molar refractivity (Wildman–Crippen MR) is 105 cm³/mol. The fraction of sp³-hybridized carbons (Fsp3) is 0.222. The molecule has 28 heavy (non-hydrogen) atoms. The van der Waals surface area contributed by atoms with Gasteiger partial charge >= 0.3 is 5.97 Å². The van der Waals surface area contributed by atoms with Gasteiger partial charge in [-0.05, 0) is 37.3 Å². The van der Waals surface area contributed by atoms with Crippen molar-refractivity contribution in [1.29, 1.82) is 0 Å². The van der Waals surface area contributed by atoms with Crippen molar-refractivity contribution in [2.24, 2.45) is 0 Å². The Labute approximate surface area is 167 Å². The molecule has 0 aliphatic heterocycles. The van der Waals surface area contributed by atoms with E-state index in [1.165, 1.54) is 36.4 Å². The summed E-state index contributed by atoms with van der Waals surface area (Å²) in [5, 5.41) is 2.51. The molecule has 0 unspecified atom stereocenters. The number of hydrogen-bond acceptors (Lipinski definition) is 5. The standard InChI is InChI=1S/C18H18ClFN2O5S/c1-3-27-18(24)12-8-9-15(13(19)10-12)21-17(23)11-22(28(2,25)26)16-7-5-4-6-14(16)20/h4-10H,3,11H2,1-2H3,(H,21,23). The first-order valence-corrected chi connectivity index (χ1v) is 10.3. The number of benzene rings is 2. The molecule has 0 radical (unpaired) electrons. The fourth-order valence-electron chi connectivity index (χ4n) is 2.31. The van der Waals surface area contributed by atoms with Crippen molar-refractivity contribution in [2.45, 2.75) is 6.92 Å². The minimum absolute atomic E-state index is 0.0655. The Morgan fingerprint density at radius 3 is 2.46 bits per heavy atom. The van der Waals surface area contributed by atoms with Crippen LogP contribution in [0, 0.1) is 5.82 Å². The molecule has 0 aliphatic carbocycles. The lowest BCUT2D eigenvalue weighted by molar-refractivity contribution is -0.114. The van der Waals surface area contributed by atoms with E-state index in [0.717, 1.165) is 12.3 Å². The normalized spacial score (nSPS) is 11.0. The third kappa shape index (κ3) is 5.43. The summed E-state index contributed by atoms with van der Waals surface area (Å²) in [7, 11) is -3.92. The number of rotatable bonds is 7. The van der Waals surface area contributed by atoms with Crippen LogP contribution in [0.2, 0.25) is 5.02 Å². The first kappa shape index (κ1) is 21.6. The molecule has 0 aliphatic rings. The van der Waals surface area contributed by atoms with Gasteiger partial charge < -0.3 is 10.1 Å². The van der Waals surface area contributed by atoms with Crippen LogP contribution in [0.4, 0.5) is 15.8 Å². The first-order chi connectivity index (χ1) is 13.1. The average molecular weight is 429 g/mol. The highest BCUT2D eigenvalue weighted by Crippen LogP contribution is 2.25. The van der Waals surface area contributed by atoms with Crippen LogP contribution in [-0.2, 0) is 19.6 Å². The molecule has 0 heterocycles. The highest BCUT2D eigenvalue weighted by molar-refractivity contribution is 7.92. The zero-order valence-corrected chi connectivity index (χ0v) is 16.7. The van der Waals surface area contributed by atoms with Crippen LogP contribution in [0.15, 0.2) is 42.5 Å². The molecule has 1 N–H and O–H groups in total. The molecule has 0 saturated heterocycles. The second-order valence-corrected chi connectivity index (χ2v) is 8.00. The number of sulfonamides is 1. The van der Waals surface area contributed by atoms with Crippen LogP contribution < -0.4 is 9.62 Å². The van der Waals surface area contributed by atoms with Gasteiger partial charge in [0, 0.05) is 0 Å². The van der Waals surface area contributed by atoms with Crippen molar-refractivity contribution < 1.29 is 27.1 Å². The molecule has 0 bridgehead atoms. The Balaban J connectivity index is 2.20. The Morgan fingerprint density at radius 2 is 1.89 bits per heavy atom. The Hall–Kier alpha value is -2.65. The van der Waals surface area contributed by atoms with Gasteiger partial charge in [0.1, 0.15) is 12.4 Å². The molecule has 0 spiro atoms. The van der Waals surface area contributed by atoms with E-state index in [1.807, 2.05) is 0 Å². The molecule has 0 atom stereocenters. The molecular weight excluding hydrogens is 411 g/mol. The zero-order chi connectivity index (χ0) is 20.9. The molecule has 2 aromatic carbocycles. The topological polar surface area (TPSA) is 92.8 Å². The quantitative estimate of drug-likeness (QED) is 0.684. The SMILES string of the molecule is CCOC(=O)c1ccc(NC(=O)CN(c2ccccc2F)S(C)(=O)=O)c(Cl)c1. The Kier molecular flexibility index (Phi) is 6.98. The molecular formula is C18H18ClFN2O5S. The summed E-state index contributed by atoms with van der Waals surface area (Å²) in [4.78, 5) is 24.0. The fourth-order valence-corrected chi connectivity index (χ4v) is 3.40. The number of para-hydroxylation sites is 1. The number of nitrogens with zero attached hydrogens (tertiary/aromatic N) is 1. The summed E-state index contributed by atoms with van der Waals surface area (Å²) in [5.74, 6) is -2.08. The monoisotopic (exact) mass is 428 g/mol. The van der Waals surface area contributed by atoms with Crippen LogP contribution in [0.5, 0.6) is 0 Å². The van der Waals surface area contributed by atoms with Crippen molar-refractivity contribution in [2.75, 3.05) is 29.0 Å². The van der Waals surface area contributed by atoms with Crippen molar-refractivity contribution in [1.82, 2.24) is 0 Å². The Bertz CT molecular complexity index is 997. The number of anilines is 2. The number of hydrogen-bond donors (Lipinski definition) is 1. The number of nitrogens with one attached hydrogen (secondary N) is 1. The number of amides is 1. The van der Waals surface area contributed by atoms with Gasteiger partial charge in [-0.1, -0.05) is 23.7 Å². The number of ether oxygens (including phenoxy) is 1. The summed E-state index contributed by atoms with van der Waals surface area (Å²) >= 11 is 6.07. The van der Waals surface area contributed by atoms with Crippen molar-refractivity contribution >= 4 is 44.9 Å². The maximum absolute atomic E-state index is 14.0. The summed E-state index contributed by atoms with van der Waals surface area (Å²) < 4.78 is 43.5. The van der Waals surface area contributed by atoms with E-state index in [0.29, 0.717) is 4.31 Å². The average Bonchev–Trinajstić information content (AvgIpc) is 2.61. The highest BCUT2D eigenvalue weighted by Gasteiger charge is 2.24. The first-order valence-electron chi connectivity index (χ1n) is 8.12. The largest absolute Gasteiger partial charge is 0.462 e. The molecule has 1 amide bonds. The summed E-state index contributed by atoms with van der Waals surface area (Å²) in [6, 6.07) is 9.33. The van der Waals surface area contributed by atoms with E-state index < -0.39 is 34.3 Å². The van der Waals surface area contributed by atoms with Gasteiger partial charge in [0.05, 0.1) is 34.8 Å². The molecule has 0 fully saturated rings. The van der Waals surface area contributed by atoms with E-state index in [9.17, 15) is 22.4 Å². The van der Waals surface area contributed by atoms with Crippen LogP contribution in [0.3, 0.4) is 0 Å². The molecule has 0 aromatic heterocycles. The van der Waals surface area contributed by atoms with Gasteiger partial charge in [-0.25, -0.2) is 17.6 Å². The lowest BCUT2D eigenvalue weighted by Gasteiger charge is -2.22. The second kappa shape index (κ2) is 9.03. The maximum Gasteiger partial charge on any atom is 0.338 e. The van der Waals surface area contributed by atoms with Gasteiger partial charge in [-0.3, -0.25) is 9.10 Å². The minimum atomic E-state index is -3.92. The molecule has 0 saturated carbocycles. The van der Waals surface area contributed by atoms with Crippen LogP contribution >= 0.6 is 11.6 Å². The molecule has 2 rings (SSSR count). The molecule has 2 aromatic rings. The van der Waals surface area contributed by atoms with E-state index in [-0.39, 0.29) is 28.6 Å². The van der Waals surface area contributed by atoms with Crippen LogP contribution in [-0.4, -0.2) is 39.7 Å². The van der Waals surface area contributed by atoms with E-state index in [1.54, 1.807) is 6.92 Å².